The molecule has 0 aliphatic rings. The van der Waals surface area contributed by atoms with Crippen molar-refractivity contribution in [3.8, 4) is 5.69 Å². The van der Waals surface area contributed by atoms with E-state index in [1.165, 1.54) is 35.2 Å². The van der Waals surface area contributed by atoms with Gasteiger partial charge in [0.05, 0.1) is 5.69 Å². The van der Waals surface area contributed by atoms with E-state index >= 15 is 0 Å². The van der Waals surface area contributed by atoms with Gasteiger partial charge in [0.15, 0.2) is 5.65 Å². The molecule has 114 valence electrons. The first kappa shape index (κ1) is 14.4. The summed E-state index contributed by atoms with van der Waals surface area (Å²) in [4.78, 5) is 11.2. The molecule has 0 bridgehead atoms. The summed E-state index contributed by atoms with van der Waals surface area (Å²) in [7, 11) is 0. The van der Waals surface area contributed by atoms with Crippen molar-refractivity contribution in [3.05, 3.63) is 47.9 Å². The van der Waals surface area contributed by atoms with Crippen LogP contribution in [0.2, 0.25) is 0 Å². The van der Waals surface area contributed by atoms with Crippen LogP contribution in [0.4, 0.5) is 17.6 Å². The number of aromatic nitrogens is 4. The molecular weight excluding hydrogens is 300 g/mol. The molecule has 0 amide bonds. The van der Waals surface area contributed by atoms with Gasteiger partial charge in [-0.1, -0.05) is 6.92 Å². The predicted molar refractivity (Wildman–Crippen MR) is 71.0 cm³/mol. The van der Waals surface area contributed by atoms with Gasteiger partial charge in [0.2, 0.25) is 5.82 Å². The Labute approximate surface area is 122 Å². The minimum absolute atomic E-state index is 0.0470. The quantitative estimate of drug-likeness (QED) is 0.680. The zero-order valence-corrected chi connectivity index (χ0v) is 11.4. The smallest absolute Gasteiger partial charge is 0.283 e. The lowest BCUT2D eigenvalue weighted by Crippen LogP contribution is -2.13. The Balaban J connectivity index is 2.26. The van der Waals surface area contributed by atoms with E-state index in [0.29, 0.717) is 17.6 Å². The third kappa shape index (κ3) is 2.40. The Hall–Kier alpha value is -2.51. The molecule has 1 aromatic carbocycles. The summed E-state index contributed by atoms with van der Waals surface area (Å²) >= 11 is 0. The number of aryl methyl sites for hydroxylation is 1. The average Bonchev–Trinajstić information content (AvgIpc) is 2.90. The van der Waals surface area contributed by atoms with Gasteiger partial charge in [-0.05, 0) is 30.7 Å². The summed E-state index contributed by atoms with van der Waals surface area (Å²) in [5.74, 6) is -1.64. The van der Waals surface area contributed by atoms with E-state index in [-0.39, 0.29) is 11.3 Å². The average molecular weight is 310 g/mol. The number of benzene rings is 1. The fourth-order valence-corrected chi connectivity index (χ4v) is 2.12. The van der Waals surface area contributed by atoms with Crippen LogP contribution in [0.25, 0.3) is 16.9 Å². The third-order valence-corrected chi connectivity index (χ3v) is 3.16. The maximum absolute atomic E-state index is 13.0. The van der Waals surface area contributed by atoms with Crippen LogP contribution in [0.15, 0.2) is 30.6 Å². The van der Waals surface area contributed by atoms with E-state index in [9.17, 15) is 17.6 Å². The van der Waals surface area contributed by atoms with E-state index in [1.54, 1.807) is 6.92 Å². The molecule has 0 saturated heterocycles. The SMILES string of the molecule is CCc1nc(C(F)(F)F)nc2c1ncn2-c1ccc(F)cc1. The molecule has 0 radical (unpaired) electrons. The summed E-state index contributed by atoms with van der Waals surface area (Å²) in [6.07, 6.45) is -3.00. The maximum atomic E-state index is 13.0. The topological polar surface area (TPSA) is 43.6 Å². The van der Waals surface area contributed by atoms with Gasteiger partial charge < -0.3 is 0 Å². The van der Waals surface area contributed by atoms with E-state index in [4.69, 9.17) is 0 Å². The molecule has 0 N–H and O–H groups in total. The van der Waals surface area contributed by atoms with Gasteiger partial charge in [0, 0.05) is 5.69 Å². The fourth-order valence-electron chi connectivity index (χ4n) is 2.12. The number of halogens is 4. The lowest BCUT2D eigenvalue weighted by Gasteiger charge is -2.09. The van der Waals surface area contributed by atoms with Crippen LogP contribution in [-0.2, 0) is 12.6 Å². The van der Waals surface area contributed by atoms with Crippen molar-refractivity contribution in [3.63, 3.8) is 0 Å². The van der Waals surface area contributed by atoms with E-state index in [1.807, 2.05) is 0 Å². The van der Waals surface area contributed by atoms with Crippen LogP contribution in [0, 0.1) is 5.82 Å². The molecular formula is C14H10F4N4. The molecule has 3 aromatic rings. The third-order valence-electron chi connectivity index (χ3n) is 3.16. The van der Waals surface area contributed by atoms with Gasteiger partial charge in [-0.2, -0.15) is 13.2 Å². The Bertz CT molecular complexity index is 821. The normalized spacial score (nSPS) is 12.0. The number of hydrogen-bond donors (Lipinski definition) is 0. The van der Waals surface area contributed by atoms with Gasteiger partial charge in [-0.15, -0.1) is 0 Å². The van der Waals surface area contributed by atoms with Crippen LogP contribution >= 0.6 is 0 Å². The summed E-state index contributed by atoms with van der Waals surface area (Å²) in [5.41, 5.74) is 1.04. The van der Waals surface area contributed by atoms with E-state index in [0.717, 1.165) is 0 Å². The maximum Gasteiger partial charge on any atom is 0.451 e. The number of nitrogens with zero attached hydrogens (tertiary/aromatic N) is 4. The summed E-state index contributed by atoms with van der Waals surface area (Å²) in [6, 6.07) is 5.32. The largest absolute Gasteiger partial charge is 0.451 e. The molecule has 0 aliphatic carbocycles. The fraction of sp³-hybridized carbons (Fsp3) is 0.214. The van der Waals surface area contributed by atoms with Crippen LogP contribution in [0.1, 0.15) is 18.4 Å². The summed E-state index contributed by atoms with van der Waals surface area (Å²) < 4.78 is 53.1. The number of imidazole rings is 1. The molecule has 3 rings (SSSR count). The van der Waals surface area contributed by atoms with Gasteiger partial charge in [0.1, 0.15) is 17.7 Å². The minimum Gasteiger partial charge on any atom is -0.283 e. The van der Waals surface area contributed by atoms with E-state index < -0.39 is 17.8 Å². The molecule has 4 nitrogen and oxygen atoms in total. The lowest BCUT2D eigenvalue weighted by atomic mass is 10.2. The Morgan fingerprint density at radius 1 is 1.09 bits per heavy atom. The van der Waals surface area contributed by atoms with Crippen molar-refractivity contribution < 1.29 is 17.6 Å². The molecule has 22 heavy (non-hydrogen) atoms. The number of hydrogen-bond acceptors (Lipinski definition) is 3. The van der Waals surface area contributed by atoms with Gasteiger partial charge in [-0.3, -0.25) is 4.57 Å². The molecule has 0 saturated carbocycles. The number of alkyl halides is 3. The molecule has 0 aliphatic heterocycles. The zero-order valence-electron chi connectivity index (χ0n) is 11.4. The first-order chi connectivity index (χ1) is 10.4. The van der Waals surface area contributed by atoms with Gasteiger partial charge in [0.25, 0.3) is 0 Å². The Kier molecular flexibility index (Phi) is 3.31. The zero-order chi connectivity index (χ0) is 15.9. The van der Waals surface area contributed by atoms with Crippen LogP contribution in [0.5, 0.6) is 0 Å². The second kappa shape index (κ2) is 5.04. The van der Waals surface area contributed by atoms with E-state index in [2.05, 4.69) is 15.0 Å². The second-order valence-corrected chi connectivity index (χ2v) is 4.61. The van der Waals surface area contributed by atoms with Crippen LogP contribution < -0.4 is 0 Å². The van der Waals surface area contributed by atoms with Crippen molar-refractivity contribution in [1.82, 2.24) is 19.5 Å². The first-order valence-corrected chi connectivity index (χ1v) is 6.47. The Morgan fingerprint density at radius 2 is 1.77 bits per heavy atom. The summed E-state index contributed by atoms with van der Waals surface area (Å²) in [5, 5.41) is 0. The second-order valence-electron chi connectivity index (χ2n) is 4.61. The number of rotatable bonds is 2. The lowest BCUT2D eigenvalue weighted by molar-refractivity contribution is -0.144. The summed E-state index contributed by atoms with van der Waals surface area (Å²) in [6.45, 7) is 1.69. The van der Waals surface area contributed by atoms with Crippen LogP contribution in [-0.4, -0.2) is 19.5 Å². The highest BCUT2D eigenvalue weighted by Crippen LogP contribution is 2.29. The molecule has 2 aromatic heterocycles. The van der Waals surface area contributed by atoms with Gasteiger partial charge in [-0.25, -0.2) is 19.3 Å². The van der Waals surface area contributed by atoms with Crippen molar-refractivity contribution >= 4 is 11.2 Å². The van der Waals surface area contributed by atoms with Gasteiger partial charge >= 0.3 is 6.18 Å². The molecule has 0 unspecified atom stereocenters. The standard InChI is InChI=1S/C14H10F4N4/c1-2-10-11-12(21-13(20-10)14(16,17)18)22(7-19-11)9-5-3-8(15)4-6-9/h3-7H,2H2,1H3. The highest BCUT2D eigenvalue weighted by atomic mass is 19.4. The molecule has 0 fully saturated rings. The minimum atomic E-state index is -4.64. The first-order valence-electron chi connectivity index (χ1n) is 6.47. The number of fused-ring (bicyclic) bond motifs is 1. The highest BCUT2D eigenvalue weighted by molar-refractivity contribution is 5.75. The van der Waals surface area contributed by atoms with Crippen molar-refractivity contribution in [1.29, 1.82) is 0 Å². The van der Waals surface area contributed by atoms with Crippen molar-refractivity contribution in [2.24, 2.45) is 0 Å². The molecule has 0 spiro atoms. The Morgan fingerprint density at radius 3 is 2.36 bits per heavy atom. The van der Waals surface area contributed by atoms with Crippen molar-refractivity contribution in [2.45, 2.75) is 19.5 Å². The monoisotopic (exact) mass is 310 g/mol. The predicted octanol–water partition coefficient (Wildman–Crippen LogP) is 3.54. The van der Waals surface area contributed by atoms with Crippen molar-refractivity contribution in [2.75, 3.05) is 0 Å². The molecule has 8 heteroatoms. The molecule has 0 atom stereocenters. The highest BCUT2D eigenvalue weighted by Gasteiger charge is 2.36. The molecule has 2 heterocycles. The van der Waals surface area contributed by atoms with Crippen LogP contribution in [0.3, 0.4) is 0 Å².